The van der Waals surface area contributed by atoms with Crippen molar-refractivity contribution in [1.29, 1.82) is 0 Å². The molecule has 1 aromatic heterocycles. The summed E-state index contributed by atoms with van der Waals surface area (Å²) in [5.74, 6) is -0.199. The second-order valence-electron chi connectivity index (χ2n) is 9.37. The Balaban J connectivity index is 1.59. The van der Waals surface area contributed by atoms with Crippen molar-refractivity contribution in [3.63, 3.8) is 0 Å². The Kier molecular flexibility index (Phi) is 5.23. The molecule has 35 heavy (non-hydrogen) atoms. The molecular weight excluding hydrogens is 468 g/mol. The van der Waals surface area contributed by atoms with Crippen LogP contribution in [0.25, 0.3) is 11.0 Å². The minimum absolute atomic E-state index is 0.0323. The third kappa shape index (κ3) is 3.25. The molecule has 6 rings (SSSR count). The van der Waals surface area contributed by atoms with Crippen LogP contribution in [0.4, 0.5) is 5.69 Å². The zero-order chi connectivity index (χ0) is 24.3. The van der Waals surface area contributed by atoms with Crippen LogP contribution in [0.5, 0.6) is 0 Å². The minimum atomic E-state index is -2.11. The number of fused-ring (bicyclic) bond motifs is 3. The number of likely N-dealkylation sites (N-methyl/N-ethyl adjacent to an activating group) is 1. The molecule has 3 heterocycles. The van der Waals surface area contributed by atoms with Gasteiger partial charge >= 0.3 is 0 Å². The molecule has 0 spiro atoms. The van der Waals surface area contributed by atoms with Gasteiger partial charge in [-0.25, -0.2) is 4.99 Å². The molecule has 0 saturated heterocycles. The Bertz CT molecular complexity index is 1440. The van der Waals surface area contributed by atoms with E-state index in [1.54, 1.807) is 30.3 Å². The predicted octanol–water partition coefficient (Wildman–Crippen LogP) is 4.85. The first-order valence-electron chi connectivity index (χ1n) is 12.1. The van der Waals surface area contributed by atoms with Gasteiger partial charge in [0, 0.05) is 17.1 Å². The van der Waals surface area contributed by atoms with Gasteiger partial charge in [-0.05, 0) is 44.0 Å². The van der Waals surface area contributed by atoms with Gasteiger partial charge in [-0.15, -0.1) is 0 Å². The van der Waals surface area contributed by atoms with Crippen LogP contribution in [0, 0.1) is 0 Å². The average molecular weight is 493 g/mol. The molecule has 1 aliphatic carbocycles. The van der Waals surface area contributed by atoms with Crippen molar-refractivity contribution >= 4 is 40.1 Å². The van der Waals surface area contributed by atoms with Gasteiger partial charge in [-0.3, -0.25) is 9.59 Å². The van der Waals surface area contributed by atoms with Gasteiger partial charge in [-0.2, -0.15) is 0 Å². The number of hydrogen-bond acceptors (Lipinski definition) is 6. The maximum atomic E-state index is 13.8. The SMILES string of the molecule is CCN1C(=O)[C@@](O)([C@H]2OC(=NC3CCCCC3)c3oc4ccc(Cl)cc4c(=O)c32)c2ccccc21. The van der Waals surface area contributed by atoms with Crippen LogP contribution in [-0.4, -0.2) is 29.5 Å². The first kappa shape index (κ1) is 22.3. The lowest BCUT2D eigenvalue weighted by atomic mass is 9.85. The summed E-state index contributed by atoms with van der Waals surface area (Å²) in [7, 11) is 0. The lowest BCUT2D eigenvalue weighted by Gasteiger charge is -2.28. The van der Waals surface area contributed by atoms with Crippen molar-refractivity contribution in [1.82, 2.24) is 0 Å². The van der Waals surface area contributed by atoms with E-state index in [1.807, 2.05) is 13.0 Å². The molecule has 8 heteroatoms. The van der Waals surface area contributed by atoms with Crippen LogP contribution in [0.2, 0.25) is 5.02 Å². The van der Waals surface area contributed by atoms with Gasteiger partial charge in [0.05, 0.1) is 22.7 Å². The predicted molar refractivity (Wildman–Crippen MR) is 133 cm³/mol. The summed E-state index contributed by atoms with van der Waals surface area (Å²) >= 11 is 6.17. The van der Waals surface area contributed by atoms with Gasteiger partial charge < -0.3 is 19.2 Å². The molecule has 1 saturated carbocycles. The summed E-state index contributed by atoms with van der Waals surface area (Å²) in [6.07, 6.45) is 3.83. The third-order valence-electron chi connectivity index (χ3n) is 7.32. The zero-order valence-electron chi connectivity index (χ0n) is 19.3. The molecule has 0 bridgehead atoms. The van der Waals surface area contributed by atoms with Crippen LogP contribution in [0.15, 0.2) is 56.7 Å². The molecule has 0 radical (unpaired) electrons. The summed E-state index contributed by atoms with van der Waals surface area (Å²) in [6, 6.07) is 11.9. The molecule has 3 aromatic rings. The van der Waals surface area contributed by atoms with E-state index in [-0.39, 0.29) is 28.6 Å². The molecular formula is C27H25ClN2O5. The fourth-order valence-corrected chi connectivity index (χ4v) is 5.76. The number of amides is 1. The molecule has 1 amide bonds. The highest BCUT2D eigenvalue weighted by molar-refractivity contribution is 6.31. The molecule has 2 aliphatic heterocycles. The Labute approximate surface area is 207 Å². The first-order chi connectivity index (χ1) is 16.9. The van der Waals surface area contributed by atoms with Gasteiger partial charge in [0.2, 0.25) is 11.0 Å². The number of ether oxygens (including phenoxy) is 1. The fraction of sp³-hybridized carbons (Fsp3) is 0.370. The number of para-hydroxylation sites is 1. The number of aliphatic imine (C=N–C) groups is 1. The average Bonchev–Trinajstić information content (AvgIpc) is 3.34. The highest BCUT2D eigenvalue weighted by atomic mass is 35.5. The molecule has 0 unspecified atom stereocenters. The van der Waals surface area contributed by atoms with Crippen LogP contribution in [0.3, 0.4) is 0 Å². The van der Waals surface area contributed by atoms with Crippen LogP contribution in [0.1, 0.15) is 62.0 Å². The third-order valence-corrected chi connectivity index (χ3v) is 7.56. The van der Waals surface area contributed by atoms with E-state index in [0.29, 0.717) is 28.4 Å². The van der Waals surface area contributed by atoms with Crippen molar-refractivity contribution in [2.75, 3.05) is 11.4 Å². The Morgan fingerprint density at radius 2 is 1.91 bits per heavy atom. The minimum Gasteiger partial charge on any atom is -0.463 e. The van der Waals surface area contributed by atoms with Crippen molar-refractivity contribution in [3.8, 4) is 0 Å². The quantitative estimate of drug-likeness (QED) is 0.564. The second kappa shape index (κ2) is 8.21. The molecule has 2 aromatic carbocycles. The molecule has 1 N–H and O–H groups in total. The topological polar surface area (TPSA) is 92.3 Å². The Morgan fingerprint density at radius 1 is 1.14 bits per heavy atom. The van der Waals surface area contributed by atoms with Crippen molar-refractivity contribution in [3.05, 3.63) is 74.6 Å². The van der Waals surface area contributed by atoms with Crippen molar-refractivity contribution in [2.24, 2.45) is 4.99 Å². The zero-order valence-corrected chi connectivity index (χ0v) is 20.0. The van der Waals surface area contributed by atoms with Gasteiger partial charge in [0.25, 0.3) is 11.8 Å². The molecule has 3 aliphatic rings. The lowest BCUT2D eigenvalue weighted by Crippen LogP contribution is -2.45. The van der Waals surface area contributed by atoms with Crippen molar-refractivity contribution in [2.45, 2.75) is 56.8 Å². The Morgan fingerprint density at radius 3 is 2.69 bits per heavy atom. The van der Waals surface area contributed by atoms with E-state index < -0.39 is 23.0 Å². The number of aliphatic hydroxyl groups is 1. The number of carbonyl (C=O) groups excluding carboxylic acids is 1. The van der Waals surface area contributed by atoms with E-state index >= 15 is 0 Å². The highest BCUT2D eigenvalue weighted by Crippen LogP contribution is 2.51. The van der Waals surface area contributed by atoms with Crippen LogP contribution < -0.4 is 10.3 Å². The number of carbonyl (C=O) groups is 1. The summed E-state index contributed by atoms with van der Waals surface area (Å²) in [5, 5.41) is 12.7. The number of rotatable bonds is 3. The fourth-order valence-electron chi connectivity index (χ4n) is 5.59. The molecule has 1 fully saturated rings. The molecule has 180 valence electrons. The van der Waals surface area contributed by atoms with Crippen molar-refractivity contribution < 1.29 is 19.1 Å². The van der Waals surface area contributed by atoms with E-state index in [9.17, 15) is 14.7 Å². The van der Waals surface area contributed by atoms with Crippen LogP contribution >= 0.6 is 11.6 Å². The largest absolute Gasteiger partial charge is 0.463 e. The second-order valence-corrected chi connectivity index (χ2v) is 9.81. The summed E-state index contributed by atoms with van der Waals surface area (Å²) in [4.78, 5) is 33.8. The van der Waals surface area contributed by atoms with Gasteiger partial charge in [0.15, 0.2) is 11.9 Å². The number of halogens is 1. The maximum Gasteiger partial charge on any atom is 0.268 e. The highest BCUT2D eigenvalue weighted by Gasteiger charge is 2.60. The van der Waals surface area contributed by atoms with Gasteiger partial charge in [-0.1, -0.05) is 49.1 Å². The lowest BCUT2D eigenvalue weighted by molar-refractivity contribution is -0.148. The normalized spacial score (nSPS) is 25.2. The van der Waals surface area contributed by atoms with Gasteiger partial charge in [0.1, 0.15) is 5.58 Å². The summed E-state index contributed by atoms with van der Waals surface area (Å²) in [5.41, 5.74) is -1.06. The number of nitrogens with zero attached hydrogens (tertiary/aromatic N) is 2. The summed E-state index contributed by atoms with van der Waals surface area (Å²) in [6.45, 7) is 2.20. The Hall–Kier alpha value is -3.16. The van der Waals surface area contributed by atoms with Crippen LogP contribution in [-0.2, 0) is 15.1 Å². The monoisotopic (exact) mass is 492 g/mol. The van der Waals surface area contributed by atoms with E-state index in [0.717, 1.165) is 25.7 Å². The molecule has 2 atom stereocenters. The van der Waals surface area contributed by atoms with E-state index in [2.05, 4.69) is 0 Å². The number of anilines is 1. The van der Waals surface area contributed by atoms with E-state index in [1.165, 1.54) is 17.4 Å². The standard InChI is InChI=1S/C27H25ClN2O5/c1-2-30-19-11-7-6-10-18(19)27(33,26(30)32)24-21-22(31)17-14-15(28)12-13-20(17)34-23(21)25(35-24)29-16-8-4-3-5-9-16/h6-7,10-14,16,24,33H,2-5,8-9H2,1H3/t24-,27-/m0/s1. The maximum absolute atomic E-state index is 13.8. The first-order valence-corrected chi connectivity index (χ1v) is 12.5. The number of hydrogen-bond donors (Lipinski definition) is 1. The molecule has 7 nitrogen and oxygen atoms in total. The van der Waals surface area contributed by atoms with E-state index in [4.69, 9.17) is 25.7 Å². The number of benzene rings is 2. The smallest absolute Gasteiger partial charge is 0.268 e. The summed E-state index contributed by atoms with van der Waals surface area (Å²) < 4.78 is 12.4.